The van der Waals surface area contributed by atoms with Crippen molar-refractivity contribution in [3.8, 4) is 0 Å². The van der Waals surface area contributed by atoms with Gasteiger partial charge >= 0.3 is 11.8 Å². The van der Waals surface area contributed by atoms with Gasteiger partial charge in [0, 0.05) is 11.8 Å². The quantitative estimate of drug-likeness (QED) is 0.640. The molecule has 0 bridgehead atoms. The van der Waals surface area contributed by atoms with E-state index in [0.29, 0.717) is 11.3 Å². The van der Waals surface area contributed by atoms with Crippen molar-refractivity contribution in [2.45, 2.75) is 6.42 Å². The molecule has 0 atom stereocenters. The number of carboxylic acids is 1. The number of rotatable bonds is 5. The Hall–Kier alpha value is -2.96. The van der Waals surface area contributed by atoms with Gasteiger partial charge in [-0.25, -0.2) is 0 Å². The molecule has 20 heavy (non-hydrogen) atoms. The van der Waals surface area contributed by atoms with E-state index in [4.69, 9.17) is 5.11 Å². The van der Waals surface area contributed by atoms with Crippen LogP contribution in [-0.4, -0.2) is 21.0 Å². The molecular formula is C13H11N3O4. The number of carboxylic acid groups (broad SMARTS) is 1. The molecule has 2 N–H and O–H groups in total. The Balaban J connectivity index is 2.06. The van der Waals surface area contributed by atoms with Crippen LogP contribution in [0.25, 0.3) is 0 Å². The maximum atomic E-state index is 10.6. The van der Waals surface area contributed by atoms with Gasteiger partial charge in [0.05, 0.1) is 12.1 Å². The molecule has 1 aromatic carbocycles. The van der Waals surface area contributed by atoms with Crippen LogP contribution in [0.1, 0.15) is 5.56 Å². The third-order valence-electron chi connectivity index (χ3n) is 2.53. The van der Waals surface area contributed by atoms with E-state index >= 15 is 0 Å². The van der Waals surface area contributed by atoms with Gasteiger partial charge in [0.1, 0.15) is 0 Å². The number of nitrogens with one attached hydrogen (secondary N) is 1. The summed E-state index contributed by atoms with van der Waals surface area (Å²) in [6.45, 7) is 0. The summed E-state index contributed by atoms with van der Waals surface area (Å²) in [6, 6.07) is 9.74. The van der Waals surface area contributed by atoms with Crippen molar-refractivity contribution in [3.63, 3.8) is 0 Å². The average Bonchev–Trinajstić information content (AvgIpc) is 2.41. The minimum absolute atomic E-state index is 0.0284. The molecule has 7 heteroatoms. The fraction of sp³-hybridized carbons (Fsp3) is 0.0769. The topological polar surface area (TPSA) is 105 Å². The SMILES string of the molecule is O=C(O)Cc1ccc(Nc2ccc([N+](=O)[O-])nc2)cc1. The van der Waals surface area contributed by atoms with Crippen LogP contribution in [0.3, 0.4) is 0 Å². The highest BCUT2D eigenvalue weighted by atomic mass is 16.6. The Morgan fingerprint density at radius 1 is 1.20 bits per heavy atom. The van der Waals surface area contributed by atoms with Gasteiger partial charge in [-0.2, -0.15) is 0 Å². The number of carbonyl (C=O) groups is 1. The molecule has 1 heterocycles. The van der Waals surface area contributed by atoms with E-state index in [9.17, 15) is 14.9 Å². The molecule has 102 valence electrons. The first-order valence-electron chi connectivity index (χ1n) is 5.73. The zero-order chi connectivity index (χ0) is 14.5. The number of benzene rings is 1. The zero-order valence-corrected chi connectivity index (χ0v) is 10.3. The highest BCUT2D eigenvalue weighted by molar-refractivity contribution is 5.70. The van der Waals surface area contributed by atoms with Gasteiger partial charge in [-0.05, 0) is 33.7 Å². The summed E-state index contributed by atoms with van der Waals surface area (Å²) in [4.78, 5) is 24.2. The predicted molar refractivity (Wildman–Crippen MR) is 72.0 cm³/mol. The first-order chi connectivity index (χ1) is 9.54. The van der Waals surface area contributed by atoms with Gasteiger partial charge < -0.3 is 20.5 Å². The van der Waals surface area contributed by atoms with Crippen LogP contribution in [0.5, 0.6) is 0 Å². The molecule has 0 aliphatic heterocycles. The van der Waals surface area contributed by atoms with Gasteiger partial charge in [-0.15, -0.1) is 0 Å². The summed E-state index contributed by atoms with van der Waals surface area (Å²) < 4.78 is 0. The Morgan fingerprint density at radius 3 is 2.35 bits per heavy atom. The molecule has 2 rings (SSSR count). The maximum absolute atomic E-state index is 10.6. The van der Waals surface area contributed by atoms with Crippen LogP contribution in [0.2, 0.25) is 0 Å². The van der Waals surface area contributed by atoms with E-state index < -0.39 is 10.9 Å². The third kappa shape index (κ3) is 3.52. The first-order valence-corrected chi connectivity index (χ1v) is 5.73. The van der Waals surface area contributed by atoms with Crippen LogP contribution >= 0.6 is 0 Å². The summed E-state index contributed by atoms with van der Waals surface area (Å²) in [5.41, 5.74) is 2.06. The van der Waals surface area contributed by atoms with Crippen molar-refractivity contribution in [1.82, 2.24) is 4.98 Å². The van der Waals surface area contributed by atoms with Crippen LogP contribution in [0, 0.1) is 10.1 Å². The molecule has 0 radical (unpaired) electrons. The second-order valence-electron chi connectivity index (χ2n) is 4.05. The molecule has 0 fully saturated rings. The number of aliphatic carboxylic acids is 1. The Labute approximate surface area is 114 Å². The maximum Gasteiger partial charge on any atom is 0.363 e. The second-order valence-corrected chi connectivity index (χ2v) is 4.05. The molecule has 0 unspecified atom stereocenters. The summed E-state index contributed by atoms with van der Waals surface area (Å²) in [7, 11) is 0. The number of hydrogen-bond acceptors (Lipinski definition) is 5. The van der Waals surface area contributed by atoms with Gasteiger partial charge in [0.25, 0.3) is 0 Å². The Kier molecular flexibility index (Phi) is 3.90. The number of nitrogens with zero attached hydrogens (tertiary/aromatic N) is 2. The van der Waals surface area contributed by atoms with Crippen molar-refractivity contribution < 1.29 is 14.8 Å². The smallest absolute Gasteiger partial charge is 0.363 e. The third-order valence-corrected chi connectivity index (χ3v) is 2.53. The molecule has 7 nitrogen and oxygen atoms in total. The van der Waals surface area contributed by atoms with E-state index in [0.717, 1.165) is 5.69 Å². The van der Waals surface area contributed by atoms with Crippen LogP contribution in [-0.2, 0) is 11.2 Å². The lowest BCUT2D eigenvalue weighted by molar-refractivity contribution is -0.389. The highest BCUT2D eigenvalue weighted by Crippen LogP contribution is 2.18. The zero-order valence-electron chi connectivity index (χ0n) is 10.3. The van der Waals surface area contributed by atoms with Crippen LogP contribution in [0.15, 0.2) is 42.6 Å². The molecule has 2 aromatic rings. The molecule has 0 saturated heterocycles. The molecule has 0 amide bonds. The van der Waals surface area contributed by atoms with Gasteiger partial charge in [0.15, 0.2) is 6.20 Å². The monoisotopic (exact) mass is 273 g/mol. The lowest BCUT2D eigenvalue weighted by atomic mass is 10.1. The molecule has 0 spiro atoms. The number of aromatic nitrogens is 1. The second kappa shape index (κ2) is 5.79. The predicted octanol–water partition coefficient (Wildman–Crippen LogP) is 2.36. The lowest BCUT2D eigenvalue weighted by Gasteiger charge is -2.05. The standard InChI is InChI=1S/C13H11N3O4/c17-13(18)7-9-1-3-10(4-2-9)15-11-5-6-12(14-8-11)16(19)20/h1-6,8,15H,7H2,(H,17,18). The highest BCUT2D eigenvalue weighted by Gasteiger charge is 2.06. The van der Waals surface area contributed by atoms with Crippen molar-refractivity contribution >= 4 is 23.2 Å². The van der Waals surface area contributed by atoms with E-state index in [2.05, 4.69) is 10.3 Å². The van der Waals surface area contributed by atoms with Crippen molar-refractivity contribution in [1.29, 1.82) is 0 Å². The number of pyridine rings is 1. The van der Waals surface area contributed by atoms with E-state index in [-0.39, 0.29) is 12.2 Å². The van der Waals surface area contributed by atoms with E-state index in [1.807, 2.05) is 0 Å². The van der Waals surface area contributed by atoms with Gasteiger partial charge in [-0.3, -0.25) is 4.79 Å². The number of hydrogen-bond donors (Lipinski definition) is 2. The van der Waals surface area contributed by atoms with Gasteiger partial charge in [-0.1, -0.05) is 12.1 Å². The molecule has 0 saturated carbocycles. The normalized spacial score (nSPS) is 10.0. The largest absolute Gasteiger partial charge is 0.481 e. The lowest BCUT2D eigenvalue weighted by Crippen LogP contribution is -2.00. The number of anilines is 2. The van der Waals surface area contributed by atoms with E-state index in [1.54, 1.807) is 30.3 Å². The fourth-order valence-electron chi connectivity index (χ4n) is 1.62. The summed E-state index contributed by atoms with van der Waals surface area (Å²) >= 11 is 0. The summed E-state index contributed by atoms with van der Waals surface area (Å²) in [5, 5.41) is 22.2. The number of nitro groups is 1. The van der Waals surface area contributed by atoms with E-state index in [1.165, 1.54) is 12.3 Å². The van der Waals surface area contributed by atoms with Crippen molar-refractivity contribution in [2.24, 2.45) is 0 Å². The Morgan fingerprint density at radius 2 is 1.85 bits per heavy atom. The fourth-order valence-corrected chi connectivity index (χ4v) is 1.62. The van der Waals surface area contributed by atoms with Crippen molar-refractivity contribution in [2.75, 3.05) is 5.32 Å². The van der Waals surface area contributed by atoms with Gasteiger partial charge in [0.2, 0.25) is 0 Å². The summed E-state index contributed by atoms with van der Waals surface area (Å²) in [6.07, 6.45) is 1.34. The van der Waals surface area contributed by atoms with Crippen LogP contribution < -0.4 is 5.32 Å². The molecular weight excluding hydrogens is 262 g/mol. The minimum Gasteiger partial charge on any atom is -0.481 e. The first kappa shape index (κ1) is 13.5. The minimum atomic E-state index is -0.884. The average molecular weight is 273 g/mol. The molecule has 1 aromatic heterocycles. The van der Waals surface area contributed by atoms with Crippen LogP contribution in [0.4, 0.5) is 17.2 Å². The van der Waals surface area contributed by atoms with Crippen molar-refractivity contribution in [3.05, 3.63) is 58.3 Å². The molecule has 0 aliphatic carbocycles. The summed E-state index contributed by atoms with van der Waals surface area (Å²) in [5.74, 6) is -1.10. The molecule has 0 aliphatic rings. The Bertz CT molecular complexity index is 623.